The van der Waals surface area contributed by atoms with Gasteiger partial charge in [-0.2, -0.15) is 0 Å². The van der Waals surface area contributed by atoms with Crippen molar-refractivity contribution in [3.05, 3.63) is 30.3 Å². The van der Waals surface area contributed by atoms with E-state index in [1.165, 1.54) is 0 Å². The number of rotatable bonds is 2. The zero-order chi connectivity index (χ0) is 11.5. The number of nitrogens with one attached hydrogen (secondary N) is 1. The molecule has 2 N–H and O–H groups in total. The maximum absolute atomic E-state index is 11.7. The van der Waals surface area contributed by atoms with Gasteiger partial charge in [0, 0.05) is 18.7 Å². The third-order valence-corrected chi connectivity index (χ3v) is 2.52. The first kappa shape index (κ1) is 10.5. The van der Waals surface area contributed by atoms with Crippen LogP contribution >= 0.6 is 0 Å². The van der Waals surface area contributed by atoms with Crippen molar-refractivity contribution < 1.29 is 14.7 Å². The Kier molecular flexibility index (Phi) is 2.76. The van der Waals surface area contributed by atoms with Gasteiger partial charge in [-0.05, 0) is 12.1 Å². The second kappa shape index (κ2) is 4.22. The third-order valence-electron chi connectivity index (χ3n) is 2.52. The summed E-state index contributed by atoms with van der Waals surface area (Å²) in [6, 6.07) is 8.92. The van der Waals surface area contributed by atoms with Gasteiger partial charge in [0.1, 0.15) is 0 Å². The van der Waals surface area contributed by atoms with Crippen LogP contribution in [0.25, 0.3) is 0 Å². The molecule has 2 amide bonds. The first-order chi connectivity index (χ1) is 7.66. The van der Waals surface area contributed by atoms with E-state index in [0.29, 0.717) is 6.54 Å². The molecule has 1 unspecified atom stereocenters. The van der Waals surface area contributed by atoms with E-state index in [2.05, 4.69) is 5.32 Å². The Labute approximate surface area is 92.7 Å². The lowest BCUT2D eigenvalue weighted by Gasteiger charge is -2.16. The maximum Gasteiger partial charge on any atom is 0.404 e. The van der Waals surface area contributed by atoms with E-state index in [9.17, 15) is 9.59 Å². The number of carbonyl (C=O) groups is 2. The molecule has 0 aromatic heterocycles. The van der Waals surface area contributed by atoms with Crippen LogP contribution in [0.2, 0.25) is 0 Å². The number of hydrogen-bond acceptors (Lipinski definition) is 2. The van der Waals surface area contributed by atoms with Gasteiger partial charge in [0.05, 0.1) is 6.04 Å². The molecule has 1 aromatic carbocycles. The van der Waals surface area contributed by atoms with Crippen LogP contribution < -0.4 is 10.2 Å². The van der Waals surface area contributed by atoms with Crippen LogP contribution in [0.3, 0.4) is 0 Å². The Hall–Kier alpha value is -2.04. The molecule has 1 heterocycles. The summed E-state index contributed by atoms with van der Waals surface area (Å²) in [6.07, 6.45) is -0.867. The van der Waals surface area contributed by atoms with Gasteiger partial charge in [-0.1, -0.05) is 18.2 Å². The molecule has 16 heavy (non-hydrogen) atoms. The highest BCUT2D eigenvalue weighted by Gasteiger charge is 2.31. The van der Waals surface area contributed by atoms with Crippen LogP contribution in [0.15, 0.2) is 30.3 Å². The van der Waals surface area contributed by atoms with Crippen molar-refractivity contribution in [2.24, 2.45) is 0 Å². The fourth-order valence-corrected chi connectivity index (χ4v) is 1.84. The van der Waals surface area contributed by atoms with E-state index >= 15 is 0 Å². The molecule has 0 radical (unpaired) electrons. The van der Waals surface area contributed by atoms with Gasteiger partial charge in [-0.25, -0.2) is 4.79 Å². The number of para-hydroxylation sites is 1. The first-order valence-electron chi connectivity index (χ1n) is 5.01. The number of carboxylic acid groups (broad SMARTS) is 1. The van der Waals surface area contributed by atoms with E-state index in [1.807, 2.05) is 30.3 Å². The largest absolute Gasteiger partial charge is 0.465 e. The number of amides is 2. The maximum atomic E-state index is 11.7. The van der Waals surface area contributed by atoms with Crippen molar-refractivity contribution in [3.8, 4) is 0 Å². The molecule has 1 aliphatic heterocycles. The highest BCUT2D eigenvalue weighted by atomic mass is 16.4. The molecule has 2 rings (SSSR count). The highest BCUT2D eigenvalue weighted by Crippen LogP contribution is 2.20. The number of carbonyl (C=O) groups excluding carboxylic acids is 1. The topological polar surface area (TPSA) is 69.6 Å². The Bertz CT molecular complexity index is 405. The standard InChI is InChI=1S/C11H12N2O3/c14-10-6-8(12-11(15)16)7-13(10)9-4-2-1-3-5-9/h1-5,8,12H,6-7H2,(H,15,16). The van der Waals surface area contributed by atoms with E-state index in [0.717, 1.165) is 5.69 Å². The molecule has 5 heteroatoms. The predicted octanol–water partition coefficient (Wildman–Crippen LogP) is 1.06. The fraction of sp³-hybridized carbons (Fsp3) is 0.273. The lowest BCUT2D eigenvalue weighted by atomic mass is 10.3. The number of benzene rings is 1. The van der Waals surface area contributed by atoms with Gasteiger partial charge in [0.25, 0.3) is 0 Å². The van der Waals surface area contributed by atoms with Gasteiger partial charge in [0.15, 0.2) is 0 Å². The summed E-state index contributed by atoms with van der Waals surface area (Å²) in [6.45, 7) is 0.398. The summed E-state index contributed by atoms with van der Waals surface area (Å²) in [5.41, 5.74) is 0.808. The molecule has 1 fully saturated rings. The minimum atomic E-state index is -1.09. The molecule has 0 bridgehead atoms. The monoisotopic (exact) mass is 220 g/mol. The van der Waals surface area contributed by atoms with Crippen LogP contribution in [-0.4, -0.2) is 29.7 Å². The lowest BCUT2D eigenvalue weighted by molar-refractivity contribution is -0.117. The number of hydrogen-bond donors (Lipinski definition) is 2. The van der Waals surface area contributed by atoms with Crippen molar-refractivity contribution in [1.29, 1.82) is 0 Å². The molecule has 1 atom stereocenters. The molecule has 1 aromatic rings. The number of nitrogens with zero attached hydrogens (tertiary/aromatic N) is 1. The predicted molar refractivity (Wildman–Crippen MR) is 58.4 cm³/mol. The lowest BCUT2D eigenvalue weighted by Crippen LogP contribution is -2.36. The quantitative estimate of drug-likeness (QED) is 0.783. The van der Waals surface area contributed by atoms with Crippen LogP contribution in [-0.2, 0) is 4.79 Å². The normalized spacial score (nSPS) is 19.9. The summed E-state index contributed by atoms with van der Waals surface area (Å²) in [7, 11) is 0. The molecule has 0 saturated carbocycles. The van der Waals surface area contributed by atoms with E-state index in [-0.39, 0.29) is 18.4 Å². The first-order valence-corrected chi connectivity index (χ1v) is 5.01. The fourth-order valence-electron chi connectivity index (χ4n) is 1.84. The van der Waals surface area contributed by atoms with E-state index in [4.69, 9.17) is 5.11 Å². The SMILES string of the molecule is O=C(O)NC1CC(=O)N(c2ccccc2)C1. The summed E-state index contributed by atoms with van der Waals surface area (Å²) in [4.78, 5) is 23.7. The Morgan fingerprint density at radius 2 is 2.06 bits per heavy atom. The number of anilines is 1. The van der Waals surface area contributed by atoms with Crippen LogP contribution in [0.1, 0.15) is 6.42 Å². The molecule has 84 valence electrons. The Morgan fingerprint density at radius 3 is 2.69 bits per heavy atom. The van der Waals surface area contributed by atoms with Crippen molar-refractivity contribution in [2.45, 2.75) is 12.5 Å². The molecule has 1 aliphatic rings. The van der Waals surface area contributed by atoms with Crippen LogP contribution in [0, 0.1) is 0 Å². The minimum absolute atomic E-state index is 0.0510. The molecule has 0 spiro atoms. The average Bonchev–Trinajstić information content (AvgIpc) is 2.60. The Morgan fingerprint density at radius 1 is 1.38 bits per heavy atom. The van der Waals surface area contributed by atoms with E-state index < -0.39 is 6.09 Å². The zero-order valence-electron chi connectivity index (χ0n) is 8.59. The molecule has 0 aliphatic carbocycles. The Balaban J connectivity index is 2.08. The van der Waals surface area contributed by atoms with Crippen LogP contribution in [0.5, 0.6) is 0 Å². The molecule has 5 nitrogen and oxygen atoms in total. The van der Waals surface area contributed by atoms with Gasteiger partial charge >= 0.3 is 6.09 Å². The summed E-state index contributed by atoms with van der Waals surface area (Å²) in [5, 5.41) is 10.9. The van der Waals surface area contributed by atoms with Crippen LogP contribution in [0.4, 0.5) is 10.5 Å². The van der Waals surface area contributed by atoms with Crippen molar-refractivity contribution in [3.63, 3.8) is 0 Å². The second-order valence-electron chi connectivity index (χ2n) is 3.69. The average molecular weight is 220 g/mol. The molecular weight excluding hydrogens is 208 g/mol. The minimum Gasteiger partial charge on any atom is -0.465 e. The second-order valence-corrected chi connectivity index (χ2v) is 3.69. The van der Waals surface area contributed by atoms with Crippen molar-refractivity contribution in [1.82, 2.24) is 5.32 Å². The van der Waals surface area contributed by atoms with Gasteiger partial charge in [0.2, 0.25) is 5.91 Å². The summed E-state index contributed by atoms with van der Waals surface area (Å²) in [5.74, 6) is -0.0510. The van der Waals surface area contributed by atoms with Gasteiger partial charge in [-0.15, -0.1) is 0 Å². The third kappa shape index (κ3) is 2.13. The van der Waals surface area contributed by atoms with Gasteiger partial charge in [-0.3, -0.25) is 4.79 Å². The summed E-state index contributed by atoms with van der Waals surface area (Å²) < 4.78 is 0. The smallest absolute Gasteiger partial charge is 0.404 e. The molecule has 1 saturated heterocycles. The zero-order valence-corrected chi connectivity index (χ0v) is 8.59. The van der Waals surface area contributed by atoms with Crippen molar-refractivity contribution >= 4 is 17.7 Å². The van der Waals surface area contributed by atoms with Crippen molar-refractivity contribution in [2.75, 3.05) is 11.4 Å². The van der Waals surface area contributed by atoms with E-state index in [1.54, 1.807) is 4.90 Å². The van der Waals surface area contributed by atoms with Gasteiger partial charge < -0.3 is 15.3 Å². The highest BCUT2D eigenvalue weighted by molar-refractivity contribution is 5.96. The summed E-state index contributed by atoms with van der Waals surface area (Å²) >= 11 is 0. The molecular formula is C11H12N2O3.